The van der Waals surface area contributed by atoms with Crippen LogP contribution in [0.5, 0.6) is 0 Å². The molecule has 0 aliphatic carbocycles. The second kappa shape index (κ2) is 6.04. The molecule has 0 radical (unpaired) electrons. The number of nitrogens with one attached hydrogen (secondary N) is 2. The fourth-order valence-corrected chi connectivity index (χ4v) is 1.91. The molecule has 2 heterocycles. The van der Waals surface area contributed by atoms with Crippen LogP contribution in [-0.4, -0.2) is 27.4 Å². The number of hydrogen-bond acceptors (Lipinski definition) is 4. The molecule has 0 saturated heterocycles. The molecule has 21 heavy (non-hydrogen) atoms. The van der Waals surface area contributed by atoms with Crippen molar-refractivity contribution in [1.29, 1.82) is 0 Å². The number of para-hydroxylation sites is 2. The maximum Gasteiger partial charge on any atom is 0.244 e. The van der Waals surface area contributed by atoms with Crippen LogP contribution in [0.2, 0.25) is 0 Å². The Labute approximate surface area is 120 Å². The lowest BCUT2D eigenvalue weighted by Gasteiger charge is -1.99. The van der Waals surface area contributed by atoms with Crippen molar-refractivity contribution < 1.29 is 9.21 Å². The van der Waals surface area contributed by atoms with Gasteiger partial charge in [0.1, 0.15) is 11.3 Å². The van der Waals surface area contributed by atoms with Crippen LogP contribution in [0, 0.1) is 0 Å². The third-order valence-electron chi connectivity index (χ3n) is 2.90. The van der Waals surface area contributed by atoms with Gasteiger partial charge in [-0.2, -0.15) is 0 Å². The minimum Gasteiger partial charge on any atom is -0.437 e. The molecule has 0 aliphatic heterocycles. The Kier molecular flexibility index (Phi) is 3.77. The summed E-state index contributed by atoms with van der Waals surface area (Å²) in [6.07, 6.45) is 7.07. The first-order chi connectivity index (χ1) is 10.3. The van der Waals surface area contributed by atoms with Crippen LogP contribution in [0.25, 0.3) is 17.2 Å². The second-order valence-corrected chi connectivity index (χ2v) is 4.43. The first-order valence-corrected chi connectivity index (χ1v) is 6.61. The summed E-state index contributed by atoms with van der Waals surface area (Å²) in [7, 11) is 0. The summed E-state index contributed by atoms with van der Waals surface area (Å²) in [6.45, 7) is 0.518. The highest BCUT2D eigenvalue weighted by atomic mass is 16.3. The smallest absolute Gasteiger partial charge is 0.244 e. The maximum atomic E-state index is 11.7. The molecule has 6 nitrogen and oxygen atoms in total. The summed E-state index contributed by atoms with van der Waals surface area (Å²) < 4.78 is 5.49. The zero-order chi connectivity index (χ0) is 14.5. The summed E-state index contributed by atoms with van der Waals surface area (Å²) in [5.41, 5.74) is 1.48. The topological polar surface area (TPSA) is 83.8 Å². The Hall–Kier alpha value is -2.89. The minimum atomic E-state index is -0.191. The molecule has 0 atom stereocenters. The average Bonchev–Trinajstić information content (AvgIpc) is 3.13. The van der Waals surface area contributed by atoms with E-state index in [2.05, 4.69) is 20.3 Å². The number of oxazole rings is 1. The Bertz CT molecular complexity index is 726. The van der Waals surface area contributed by atoms with Crippen molar-refractivity contribution in [2.24, 2.45) is 0 Å². The molecule has 6 heteroatoms. The number of carbonyl (C=O) groups excluding carboxylic acids is 1. The predicted octanol–water partition coefficient (Wildman–Crippen LogP) is 1.92. The van der Waals surface area contributed by atoms with Gasteiger partial charge in [0, 0.05) is 37.5 Å². The fourth-order valence-electron chi connectivity index (χ4n) is 1.91. The van der Waals surface area contributed by atoms with E-state index in [-0.39, 0.29) is 5.91 Å². The Morgan fingerprint density at radius 1 is 1.38 bits per heavy atom. The standard InChI is InChI=1S/C15H14N4O2/c20-14(18-8-7-13-16-9-10-17-13)5-6-15-19-11-3-1-2-4-12(11)21-15/h1-6,9-10H,7-8H2,(H,16,17)(H,18,20)/b6-5+. The molecule has 0 saturated carbocycles. The van der Waals surface area contributed by atoms with Crippen molar-refractivity contribution >= 4 is 23.1 Å². The number of nitrogens with zero attached hydrogens (tertiary/aromatic N) is 2. The first kappa shape index (κ1) is 13.1. The van der Waals surface area contributed by atoms with Gasteiger partial charge in [-0.05, 0) is 12.1 Å². The van der Waals surface area contributed by atoms with Gasteiger partial charge in [0.2, 0.25) is 11.8 Å². The van der Waals surface area contributed by atoms with Crippen LogP contribution >= 0.6 is 0 Å². The molecule has 1 aromatic carbocycles. The molecule has 0 aliphatic rings. The maximum absolute atomic E-state index is 11.7. The first-order valence-electron chi connectivity index (χ1n) is 6.61. The van der Waals surface area contributed by atoms with Crippen molar-refractivity contribution in [1.82, 2.24) is 20.3 Å². The predicted molar refractivity (Wildman–Crippen MR) is 78.3 cm³/mol. The summed E-state index contributed by atoms with van der Waals surface area (Å²) in [5.74, 6) is 1.07. The molecular weight excluding hydrogens is 268 g/mol. The molecule has 106 valence electrons. The van der Waals surface area contributed by atoms with E-state index < -0.39 is 0 Å². The fraction of sp³-hybridized carbons (Fsp3) is 0.133. The van der Waals surface area contributed by atoms with Gasteiger partial charge in [-0.25, -0.2) is 9.97 Å². The lowest BCUT2D eigenvalue weighted by atomic mass is 10.3. The van der Waals surface area contributed by atoms with Gasteiger partial charge in [-0.15, -0.1) is 0 Å². The van der Waals surface area contributed by atoms with Gasteiger partial charge in [-0.3, -0.25) is 4.79 Å². The summed E-state index contributed by atoms with van der Waals surface area (Å²) in [5, 5.41) is 2.77. The number of rotatable bonds is 5. The van der Waals surface area contributed by atoms with Gasteiger partial charge < -0.3 is 14.7 Å². The molecule has 0 bridgehead atoms. The number of H-pyrrole nitrogens is 1. The van der Waals surface area contributed by atoms with E-state index in [9.17, 15) is 4.79 Å². The van der Waals surface area contributed by atoms with Crippen molar-refractivity contribution in [2.75, 3.05) is 6.54 Å². The van der Waals surface area contributed by atoms with Crippen LogP contribution in [0.1, 0.15) is 11.7 Å². The molecule has 0 fully saturated rings. The molecular formula is C15H14N4O2. The lowest BCUT2D eigenvalue weighted by Crippen LogP contribution is -2.23. The van der Waals surface area contributed by atoms with E-state index in [0.29, 0.717) is 24.4 Å². The van der Waals surface area contributed by atoms with E-state index in [1.165, 1.54) is 6.08 Å². The summed E-state index contributed by atoms with van der Waals surface area (Å²) >= 11 is 0. The lowest BCUT2D eigenvalue weighted by molar-refractivity contribution is -0.116. The largest absolute Gasteiger partial charge is 0.437 e. The van der Waals surface area contributed by atoms with Gasteiger partial charge in [0.25, 0.3) is 0 Å². The monoisotopic (exact) mass is 282 g/mol. The van der Waals surface area contributed by atoms with Crippen molar-refractivity contribution in [2.45, 2.75) is 6.42 Å². The van der Waals surface area contributed by atoms with Crippen LogP contribution in [-0.2, 0) is 11.2 Å². The van der Waals surface area contributed by atoms with Crippen LogP contribution < -0.4 is 5.32 Å². The van der Waals surface area contributed by atoms with Gasteiger partial charge in [0.05, 0.1) is 0 Å². The average molecular weight is 282 g/mol. The minimum absolute atomic E-state index is 0.191. The van der Waals surface area contributed by atoms with Crippen LogP contribution in [0.4, 0.5) is 0 Å². The number of aromatic amines is 1. The summed E-state index contributed by atoms with van der Waals surface area (Å²) in [4.78, 5) is 23.0. The number of hydrogen-bond donors (Lipinski definition) is 2. The molecule has 0 unspecified atom stereocenters. The SMILES string of the molecule is O=C(/C=C/c1nc2ccccc2o1)NCCc1ncc[nH]1. The zero-order valence-electron chi connectivity index (χ0n) is 11.2. The normalized spacial score (nSPS) is 11.2. The van der Waals surface area contributed by atoms with Gasteiger partial charge in [0.15, 0.2) is 5.58 Å². The Morgan fingerprint density at radius 2 is 2.29 bits per heavy atom. The molecule has 2 aromatic heterocycles. The number of carbonyl (C=O) groups is 1. The van der Waals surface area contributed by atoms with E-state index in [4.69, 9.17) is 4.42 Å². The molecule has 1 amide bonds. The highest BCUT2D eigenvalue weighted by molar-refractivity contribution is 5.91. The Morgan fingerprint density at radius 3 is 3.10 bits per heavy atom. The molecule has 2 N–H and O–H groups in total. The van der Waals surface area contributed by atoms with E-state index >= 15 is 0 Å². The number of aromatic nitrogens is 3. The molecule has 3 rings (SSSR count). The third kappa shape index (κ3) is 3.36. The van der Waals surface area contributed by atoms with Crippen LogP contribution in [0.3, 0.4) is 0 Å². The van der Waals surface area contributed by atoms with E-state index in [1.54, 1.807) is 18.5 Å². The number of benzene rings is 1. The van der Waals surface area contributed by atoms with E-state index in [1.807, 2.05) is 24.3 Å². The highest BCUT2D eigenvalue weighted by Gasteiger charge is 2.02. The second-order valence-electron chi connectivity index (χ2n) is 4.43. The van der Waals surface area contributed by atoms with Crippen LogP contribution in [0.15, 0.2) is 47.2 Å². The van der Waals surface area contributed by atoms with Gasteiger partial charge in [-0.1, -0.05) is 12.1 Å². The summed E-state index contributed by atoms with van der Waals surface area (Å²) in [6, 6.07) is 7.46. The zero-order valence-corrected chi connectivity index (χ0v) is 11.2. The number of fused-ring (bicyclic) bond motifs is 1. The Balaban J connectivity index is 1.54. The number of amides is 1. The van der Waals surface area contributed by atoms with Crippen molar-refractivity contribution in [3.63, 3.8) is 0 Å². The third-order valence-corrected chi connectivity index (χ3v) is 2.90. The van der Waals surface area contributed by atoms with Gasteiger partial charge >= 0.3 is 0 Å². The quantitative estimate of drug-likeness (QED) is 0.700. The number of imidazole rings is 1. The highest BCUT2D eigenvalue weighted by Crippen LogP contribution is 2.15. The van der Waals surface area contributed by atoms with Crippen molar-refractivity contribution in [3.8, 4) is 0 Å². The molecule has 3 aromatic rings. The molecule has 0 spiro atoms. The van der Waals surface area contributed by atoms with E-state index in [0.717, 1.165) is 11.3 Å². The van der Waals surface area contributed by atoms with Crippen molar-refractivity contribution in [3.05, 3.63) is 54.5 Å².